The molecule has 1 heterocycles. The molecule has 0 aliphatic heterocycles. The van der Waals surface area contributed by atoms with Gasteiger partial charge in [-0.1, -0.05) is 6.07 Å². The molecular formula is C13H11FN2O3. The van der Waals surface area contributed by atoms with Gasteiger partial charge in [0.15, 0.2) is 0 Å². The lowest BCUT2D eigenvalue weighted by molar-refractivity contribution is -0.136. The van der Waals surface area contributed by atoms with Crippen molar-refractivity contribution in [1.29, 1.82) is 0 Å². The van der Waals surface area contributed by atoms with Crippen LogP contribution >= 0.6 is 0 Å². The van der Waals surface area contributed by atoms with Gasteiger partial charge in [0.1, 0.15) is 11.5 Å². The van der Waals surface area contributed by atoms with Crippen LogP contribution in [0, 0.1) is 5.82 Å². The quantitative estimate of drug-likeness (QED) is 0.876. The van der Waals surface area contributed by atoms with E-state index in [0.717, 1.165) is 0 Å². The molecule has 0 fully saturated rings. The molecule has 5 nitrogen and oxygen atoms in total. The van der Waals surface area contributed by atoms with Gasteiger partial charge in [0.25, 0.3) is 5.91 Å². The topological polar surface area (TPSA) is 79.3 Å². The summed E-state index contributed by atoms with van der Waals surface area (Å²) in [5.74, 6) is -1.98. The van der Waals surface area contributed by atoms with Crippen molar-refractivity contribution < 1.29 is 19.1 Å². The van der Waals surface area contributed by atoms with Crippen LogP contribution in [0.2, 0.25) is 0 Å². The number of nitrogens with zero attached hydrogens (tertiary/aromatic N) is 1. The van der Waals surface area contributed by atoms with Crippen molar-refractivity contribution in [3.05, 3.63) is 42.0 Å². The number of rotatable bonds is 4. The van der Waals surface area contributed by atoms with Crippen LogP contribution in [0.15, 0.2) is 30.5 Å². The number of carbonyl (C=O) groups excluding carboxylic acids is 1. The number of fused-ring (bicyclic) bond motifs is 1. The number of amides is 1. The van der Waals surface area contributed by atoms with E-state index >= 15 is 0 Å². The molecular weight excluding hydrogens is 251 g/mol. The maximum atomic E-state index is 13.2. The highest BCUT2D eigenvalue weighted by Gasteiger charge is 2.12. The molecule has 0 aliphatic rings. The summed E-state index contributed by atoms with van der Waals surface area (Å²) in [6.45, 7) is 0.00154. The number of carbonyl (C=O) groups is 2. The molecule has 19 heavy (non-hydrogen) atoms. The first-order valence-corrected chi connectivity index (χ1v) is 5.62. The summed E-state index contributed by atoms with van der Waals surface area (Å²) < 4.78 is 13.2. The molecule has 0 radical (unpaired) electrons. The van der Waals surface area contributed by atoms with Gasteiger partial charge in [-0.15, -0.1) is 0 Å². The second kappa shape index (κ2) is 5.43. The van der Waals surface area contributed by atoms with Gasteiger partial charge in [0.05, 0.1) is 6.42 Å². The number of carboxylic acids is 1. The average molecular weight is 262 g/mol. The van der Waals surface area contributed by atoms with Crippen LogP contribution in [0.25, 0.3) is 10.8 Å². The lowest BCUT2D eigenvalue weighted by atomic mass is 10.1. The van der Waals surface area contributed by atoms with Crippen molar-refractivity contribution in [2.75, 3.05) is 6.54 Å². The molecule has 98 valence electrons. The fraction of sp³-hybridized carbons (Fsp3) is 0.154. The summed E-state index contributed by atoms with van der Waals surface area (Å²) in [6, 6.07) is 5.76. The van der Waals surface area contributed by atoms with Gasteiger partial charge in [-0.3, -0.25) is 14.6 Å². The molecule has 0 atom stereocenters. The minimum atomic E-state index is -1.00. The van der Waals surface area contributed by atoms with Crippen molar-refractivity contribution >= 4 is 22.6 Å². The van der Waals surface area contributed by atoms with E-state index in [2.05, 4.69) is 10.3 Å². The number of pyridine rings is 1. The third kappa shape index (κ3) is 3.04. The zero-order valence-corrected chi connectivity index (χ0v) is 9.89. The number of halogens is 1. The van der Waals surface area contributed by atoms with E-state index in [1.807, 2.05) is 0 Å². The summed E-state index contributed by atoms with van der Waals surface area (Å²) in [7, 11) is 0. The minimum absolute atomic E-state index is 0.00154. The lowest BCUT2D eigenvalue weighted by Gasteiger charge is -2.06. The fourth-order valence-electron chi connectivity index (χ4n) is 1.69. The number of nitrogens with one attached hydrogen (secondary N) is 1. The number of hydrogen-bond donors (Lipinski definition) is 2. The second-order valence-electron chi connectivity index (χ2n) is 3.92. The molecule has 0 aliphatic carbocycles. The number of aromatic nitrogens is 1. The summed E-state index contributed by atoms with van der Waals surface area (Å²) >= 11 is 0. The van der Waals surface area contributed by atoms with Crippen molar-refractivity contribution in [3.8, 4) is 0 Å². The Morgan fingerprint density at radius 1 is 1.32 bits per heavy atom. The predicted octanol–water partition coefficient (Wildman–Crippen LogP) is 1.58. The van der Waals surface area contributed by atoms with Crippen molar-refractivity contribution in [2.45, 2.75) is 6.42 Å². The number of hydrogen-bond acceptors (Lipinski definition) is 3. The molecule has 2 rings (SSSR count). The normalized spacial score (nSPS) is 10.4. The molecule has 2 aromatic rings. The molecule has 0 unspecified atom stereocenters. The van der Waals surface area contributed by atoms with Gasteiger partial charge in [-0.25, -0.2) is 4.39 Å². The summed E-state index contributed by atoms with van der Waals surface area (Å²) in [6.07, 6.45) is 1.28. The Bertz CT molecular complexity index is 643. The smallest absolute Gasteiger partial charge is 0.305 e. The SMILES string of the molecule is O=C(O)CCNC(=O)c1nccc2ccc(F)cc12. The molecule has 0 bridgehead atoms. The largest absolute Gasteiger partial charge is 0.481 e. The summed E-state index contributed by atoms with van der Waals surface area (Å²) in [5.41, 5.74) is 0.0855. The Morgan fingerprint density at radius 2 is 2.11 bits per heavy atom. The molecule has 6 heteroatoms. The molecule has 1 aromatic heterocycles. The van der Waals surface area contributed by atoms with Gasteiger partial charge < -0.3 is 10.4 Å². The van der Waals surface area contributed by atoms with Crippen LogP contribution in [-0.4, -0.2) is 28.5 Å². The number of aliphatic carboxylic acids is 1. The third-order valence-corrected chi connectivity index (χ3v) is 2.57. The predicted molar refractivity (Wildman–Crippen MR) is 66.3 cm³/mol. The van der Waals surface area contributed by atoms with Crippen molar-refractivity contribution in [2.24, 2.45) is 0 Å². The Hall–Kier alpha value is -2.50. The molecule has 2 N–H and O–H groups in total. The maximum Gasteiger partial charge on any atom is 0.305 e. The Kier molecular flexibility index (Phi) is 3.70. The first-order chi connectivity index (χ1) is 9.08. The summed E-state index contributed by atoms with van der Waals surface area (Å²) in [5, 5.41) is 12.0. The zero-order chi connectivity index (χ0) is 13.8. The van der Waals surface area contributed by atoms with Crippen LogP contribution in [0.4, 0.5) is 4.39 Å². The van der Waals surface area contributed by atoms with Gasteiger partial charge >= 0.3 is 5.97 Å². The molecule has 1 amide bonds. The molecule has 0 spiro atoms. The summed E-state index contributed by atoms with van der Waals surface area (Å²) in [4.78, 5) is 26.1. The number of benzene rings is 1. The van der Waals surface area contributed by atoms with Crippen molar-refractivity contribution in [3.63, 3.8) is 0 Å². The highest BCUT2D eigenvalue weighted by Crippen LogP contribution is 2.18. The van der Waals surface area contributed by atoms with Crippen molar-refractivity contribution in [1.82, 2.24) is 10.3 Å². The zero-order valence-electron chi connectivity index (χ0n) is 9.89. The molecule has 0 saturated heterocycles. The highest BCUT2D eigenvalue weighted by molar-refractivity contribution is 6.05. The monoisotopic (exact) mass is 262 g/mol. The van der Waals surface area contributed by atoms with E-state index in [4.69, 9.17) is 5.11 Å². The fourth-order valence-corrected chi connectivity index (χ4v) is 1.69. The van der Waals surface area contributed by atoms with Crippen LogP contribution in [-0.2, 0) is 4.79 Å². The number of carboxylic acid groups (broad SMARTS) is 1. The Labute approximate surface area is 108 Å². The van der Waals surface area contributed by atoms with E-state index in [1.165, 1.54) is 18.3 Å². The van der Waals surface area contributed by atoms with Crippen LogP contribution in [0.3, 0.4) is 0 Å². The average Bonchev–Trinajstić information content (AvgIpc) is 2.37. The van der Waals surface area contributed by atoms with Crippen LogP contribution < -0.4 is 5.32 Å². The van der Waals surface area contributed by atoms with E-state index in [0.29, 0.717) is 10.8 Å². The second-order valence-corrected chi connectivity index (χ2v) is 3.92. The van der Waals surface area contributed by atoms with Gasteiger partial charge in [-0.2, -0.15) is 0 Å². The van der Waals surface area contributed by atoms with E-state index in [9.17, 15) is 14.0 Å². The van der Waals surface area contributed by atoms with E-state index in [1.54, 1.807) is 12.1 Å². The Morgan fingerprint density at radius 3 is 2.84 bits per heavy atom. The van der Waals surface area contributed by atoms with Gasteiger partial charge in [-0.05, 0) is 23.6 Å². The van der Waals surface area contributed by atoms with Gasteiger partial charge in [0, 0.05) is 18.1 Å². The molecule has 1 aromatic carbocycles. The van der Waals surface area contributed by atoms with E-state index < -0.39 is 17.7 Å². The third-order valence-electron chi connectivity index (χ3n) is 2.57. The van der Waals surface area contributed by atoms with Gasteiger partial charge in [0.2, 0.25) is 0 Å². The minimum Gasteiger partial charge on any atom is -0.481 e. The standard InChI is InChI=1S/C13H11FN2O3/c14-9-2-1-8-3-5-15-12(10(8)7-9)13(19)16-6-4-11(17)18/h1-3,5,7H,4,6H2,(H,16,19)(H,17,18). The van der Waals surface area contributed by atoms with Crippen LogP contribution in [0.5, 0.6) is 0 Å². The van der Waals surface area contributed by atoms with Crippen LogP contribution in [0.1, 0.15) is 16.9 Å². The van der Waals surface area contributed by atoms with E-state index in [-0.39, 0.29) is 18.7 Å². The lowest BCUT2D eigenvalue weighted by Crippen LogP contribution is -2.27. The highest BCUT2D eigenvalue weighted by atomic mass is 19.1. The first-order valence-electron chi connectivity index (χ1n) is 5.62. The maximum absolute atomic E-state index is 13.2. The Balaban J connectivity index is 2.26. The first kappa shape index (κ1) is 12.9. The molecule has 0 saturated carbocycles.